The molecule has 0 bridgehead atoms. The summed E-state index contributed by atoms with van der Waals surface area (Å²) in [6.45, 7) is 2.69. The molecule has 0 unspecified atom stereocenters. The quantitative estimate of drug-likeness (QED) is 0.379. The highest BCUT2D eigenvalue weighted by atomic mass is 16.5. The molecule has 3 rings (SSSR count). The summed E-state index contributed by atoms with van der Waals surface area (Å²) in [7, 11) is 0. The fourth-order valence-electron chi connectivity index (χ4n) is 2.58. The number of ether oxygens (including phenoxy) is 2. The largest absolute Gasteiger partial charge is 0.490 e. The van der Waals surface area contributed by atoms with Crippen molar-refractivity contribution in [2.75, 3.05) is 24.7 Å². The van der Waals surface area contributed by atoms with Crippen molar-refractivity contribution in [2.24, 2.45) is 0 Å². The first kappa shape index (κ1) is 18.3. The van der Waals surface area contributed by atoms with E-state index in [1.165, 1.54) is 0 Å². The van der Waals surface area contributed by atoms with Gasteiger partial charge in [-0.1, -0.05) is 29.8 Å². The lowest BCUT2D eigenvalue weighted by Crippen LogP contribution is -2.10. The summed E-state index contributed by atoms with van der Waals surface area (Å²) in [5.41, 5.74) is 15.0. The van der Waals surface area contributed by atoms with Crippen LogP contribution in [0.3, 0.4) is 0 Å². The van der Waals surface area contributed by atoms with Gasteiger partial charge in [0.2, 0.25) is 0 Å². The molecule has 0 saturated heterocycles. The smallest absolute Gasteiger partial charge is 0.193 e. The van der Waals surface area contributed by atoms with E-state index in [0.717, 1.165) is 5.56 Å². The Bertz CT molecular complexity index is 919. The molecule has 0 aliphatic heterocycles. The van der Waals surface area contributed by atoms with E-state index in [2.05, 4.69) is 0 Å². The molecule has 5 nitrogen and oxygen atoms in total. The van der Waals surface area contributed by atoms with E-state index in [1.54, 1.807) is 42.5 Å². The van der Waals surface area contributed by atoms with Gasteiger partial charge in [0.15, 0.2) is 5.78 Å². The first-order valence-corrected chi connectivity index (χ1v) is 8.65. The SMILES string of the molecule is Cc1ccc(C(=O)c2ccc(OCCOc3ccc(N)cc3N)cc2)cc1. The molecular formula is C22H22N2O3. The highest BCUT2D eigenvalue weighted by Crippen LogP contribution is 2.23. The minimum Gasteiger partial charge on any atom is -0.490 e. The van der Waals surface area contributed by atoms with Crippen LogP contribution in [-0.4, -0.2) is 19.0 Å². The summed E-state index contributed by atoms with van der Waals surface area (Å²) < 4.78 is 11.2. The standard InChI is InChI=1S/C22H22N2O3/c1-15-2-4-16(5-3-15)22(25)17-6-9-19(10-7-17)26-12-13-27-21-11-8-18(23)14-20(21)24/h2-11,14H,12-13,23-24H2,1H3. The predicted octanol–water partition coefficient (Wildman–Crippen LogP) is 3.85. The molecule has 3 aromatic rings. The predicted molar refractivity (Wildman–Crippen MR) is 107 cm³/mol. The lowest BCUT2D eigenvalue weighted by atomic mass is 10.0. The zero-order chi connectivity index (χ0) is 19.2. The second-order valence-corrected chi connectivity index (χ2v) is 6.21. The minimum absolute atomic E-state index is 0.0105. The van der Waals surface area contributed by atoms with Crippen molar-refractivity contribution in [1.82, 2.24) is 0 Å². The molecule has 0 spiro atoms. The Morgan fingerprint density at radius 3 is 2.04 bits per heavy atom. The van der Waals surface area contributed by atoms with Gasteiger partial charge in [-0.15, -0.1) is 0 Å². The molecule has 0 aromatic heterocycles. The molecule has 0 saturated carbocycles. The summed E-state index contributed by atoms with van der Waals surface area (Å²) >= 11 is 0. The fourth-order valence-corrected chi connectivity index (χ4v) is 2.58. The van der Waals surface area contributed by atoms with Gasteiger partial charge in [-0.05, 0) is 49.4 Å². The van der Waals surface area contributed by atoms with Gasteiger partial charge < -0.3 is 20.9 Å². The average molecular weight is 362 g/mol. The van der Waals surface area contributed by atoms with Crippen molar-refractivity contribution < 1.29 is 14.3 Å². The van der Waals surface area contributed by atoms with Crippen LogP contribution in [0.1, 0.15) is 21.5 Å². The first-order valence-electron chi connectivity index (χ1n) is 8.65. The van der Waals surface area contributed by atoms with Gasteiger partial charge >= 0.3 is 0 Å². The van der Waals surface area contributed by atoms with Crippen LogP contribution in [0.2, 0.25) is 0 Å². The van der Waals surface area contributed by atoms with E-state index in [4.69, 9.17) is 20.9 Å². The van der Waals surface area contributed by atoms with Crippen LogP contribution < -0.4 is 20.9 Å². The van der Waals surface area contributed by atoms with Crippen LogP contribution in [0.15, 0.2) is 66.7 Å². The Morgan fingerprint density at radius 1 is 0.815 bits per heavy atom. The summed E-state index contributed by atoms with van der Waals surface area (Å²) in [4.78, 5) is 12.5. The molecule has 0 amide bonds. The maximum Gasteiger partial charge on any atom is 0.193 e. The van der Waals surface area contributed by atoms with E-state index in [1.807, 2.05) is 31.2 Å². The monoisotopic (exact) mass is 362 g/mol. The lowest BCUT2D eigenvalue weighted by molar-refractivity contribution is 0.103. The van der Waals surface area contributed by atoms with Gasteiger partial charge in [0.05, 0.1) is 5.69 Å². The summed E-state index contributed by atoms with van der Waals surface area (Å²) in [5.74, 6) is 1.24. The van der Waals surface area contributed by atoms with E-state index in [9.17, 15) is 4.79 Å². The number of ketones is 1. The average Bonchev–Trinajstić information content (AvgIpc) is 2.67. The van der Waals surface area contributed by atoms with Crippen LogP contribution in [0, 0.1) is 6.92 Å². The minimum atomic E-state index is -0.0105. The molecule has 0 radical (unpaired) electrons. The van der Waals surface area contributed by atoms with Crippen molar-refractivity contribution >= 4 is 17.2 Å². The fraction of sp³-hybridized carbons (Fsp3) is 0.136. The molecule has 0 aliphatic carbocycles. The highest BCUT2D eigenvalue weighted by molar-refractivity contribution is 6.09. The summed E-state index contributed by atoms with van der Waals surface area (Å²) in [6, 6.07) is 19.7. The normalized spacial score (nSPS) is 10.4. The van der Waals surface area contributed by atoms with Gasteiger partial charge in [0.1, 0.15) is 24.7 Å². The Balaban J connectivity index is 1.51. The number of carbonyl (C=O) groups excluding carboxylic acids is 1. The Kier molecular flexibility index (Phi) is 5.61. The maximum atomic E-state index is 12.5. The second-order valence-electron chi connectivity index (χ2n) is 6.21. The second kappa shape index (κ2) is 8.27. The Morgan fingerprint density at radius 2 is 1.41 bits per heavy atom. The lowest BCUT2D eigenvalue weighted by Gasteiger charge is -2.11. The highest BCUT2D eigenvalue weighted by Gasteiger charge is 2.09. The molecule has 5 heteroatoms. The van der Waals surface area contributed by atoms with Gasteiger partial charge in [-0.25, -0.2) is 0 Å². The number of aryl methyl sites for hydroxylation is 1. The van der Waals surface area contributed by atoms with Crippen LogP contribution in [0.5, 0.6) is 11.5 Å². The van der Waals surface area contributed by atoms with E-state index >= 15 is 0 Å². The number of nitrogen functional groups attached to an aromatic ring is 2. The third-order valence-corrected chi connectivity index (χ3v) is 4.07. The molecule has 0 atom stereocenters. The van der Waals surface area contributed by atoms with Crippen LogP contribution in [0.25, 0.3) is 0 Å². The molecule has 138 valence electrons. The molecule has 0 fully saturated rings. The first-order chi connectivity index (χ1) is 13.0. The van der Waals surface area contributed by atoms with Gasteiger partial charge in [0.25, 0.3) is 0 Å². The Labute approximate surface area is 158 Å². The maximum absolute atomic E-state index is 12.5. The van der Waals surface area contributed by atoms with Crippen LogP contribution in [0.4, 0.5) is 11.4 Å². The molecule has 27 heavy (non-hydrogen) atoms. The number of carbonyl (C=O) groups is 1. The summed E-state index contributed by atoms with van der Waals surface area (Å²) in [6.07, 6.45) is 0. The van der Waals surface area contributed by atoms with Gasteiger partial charge in [-0.2, -0.15) is 0 Å². The number of nitrogens with two attached hydrogens (primary N) is 2. The van der Waals surface area contributed by atoms with Crippen molar-refractivity contribution in [2.45, 2.75) is 6.92 Å². The van der Waals surface area contributed by atoms with E-state index in [0.29, 0.717) is 47.2 Å². The third kappa shape index (κ3) is 4.79. The van der Waals surface area contributed by atoms with Crippen LogP contribution >= 0.6 is 0 Å². The Hall–Kier alpha value is -3.47. The topological polar surface area (TPSA) is 87.6 Å². The number of benzene rings is 3. The zero-order valence-electron chi connectivity index (χ0n) is 15.1. The number of anilines is 2. The third-order valence-electron chi connectivity index (χ3n) is 4.07. The zero-order valence-corrected chi connectivity index (χ0v) is 15.1. The number of hydrogen-bond donors (Lipinski definition) is 2. The van der Waals surface area contributed by atoms with Crippen molar-refractivity contribution in [3.63, 3.8) is 0 Å². The van der Waals surface area contributed by atoms with E-state index in [-0.39, 0.29) is 5.78 Å². The van der Waals surface area contributed by atoms with Crippen LogP contribution in [-0.2, 0) is 0 Å². The number of rotatable bonds is 7. The number of hydrogen-bond acceptors (Lipinski definition) is 5. The summed E-state index contributed by atoms with van der Waals surface area (Å²) in [5, 5.41) is 0. The van der Waals surface area contributed by atoms with Crippen molar-refractivity contribution in [1.29, 1.82) is 0 Å². The molecule has 0 aliphatic rings. The van der Waals surface area contributed by atoms with Crippen molar-refractivity contribution in [3.05, 3.63) is 83.4 Å². The molecule has 3 aromatic carbocycles. The van der Waals surface area contributed by atoms with Gasteiger partial charge in [0, 0.05) is 16.8 Å². The van der Waals surface area contributed by atoms with Crippen molar-refractivity contribution in [3.8, 4) is 11.5 Å². The van der Waals surface area contributed by atoms with E-state index < -0.39 is 0 Å². The molecule has 0 heterocycles. The molecule has 4 N–H and O–H groups in total. The molecular weight excluding hydrogens is 340 g/mol. The van der Waals surface area contributed by atoms with Gasteiger partial charge in [-0.3, -0.25) is 4.79 Å².